The molecule has 92 valence electrons. The highest BCUT2D eigenvalue weighted by Gasteiger charge is 2.19. The molecule has 17 heavy (non-hydrogen) atoms. The van der Waals surface area contributed by atoms with E-state index in [4.69, 9.17) is 17.4 Å². The molecule has 1 aliphatic rings. The lowest BCUT2D eigenvalue weighted by Gasteiger charge is -2.24. The highest BCUT2D eigenvalue weighted by Crippen LogP contribution is 2.34. The first-order valence-electron chi connectivity index (χ1n) is 5.82. The van der Waals surface area contributed by atoms with E-state index in [0.29, 0.717) is 0 Å². The largest absolute Gasteiger partial charge is 0.271 e. The molecule has 0 amide bonds. The Morgan fingerprint density at radius 2 is 2.18 bits per heavy atom. The van der Waals surface area contributed by atoms with Crippen molar-refractivity contribution >= 4 is 27.5 Å². The molecule has 1 aliphatic carbocycles. The molecule has 2 rings (SSSR count). The third-order valence-electron chi connectivity index (χ3n) is 3.13. The molecular weight excluding hydrogens is 300 g/mol. The van der Waals surface area contributed by atoms with Crippen molar-refractivity contribution in [3.63, 3.8) is 0 Å². The van der Waals surface area contributed by atoms with Crippen LogP contribution < -0.4 is 11.3 Å². The van der Waals surface area contributed by atoms with E-state index < -0.39 is 0 Å². The highest BCUT2D eigenvalue weighted by atomic mass is 79.9. The number of hydrogen-bond acceptors (Lipinski definition) is 2. The van der Waals surface area contributed by atoms with Crippen LogP contribution in [0.4, 0.5) is 0 Å². The average Bonchev–Trinajstić information content (AvgIpc) is 2.36. The van der Waals surface area contributed by atoms with Gasteiger partial charge in [-0.3, -0.25) is 5.84 Å². The maximum atomic E-state index is 6.05. The Balaban J connectivity index is 2.34. The van der Waals surface area contributed by atoms with Crippen LogP contribution in [0.1, 0.15) is 37.3 Å². The molecule has 0 aliphatic heterocycles. The van der Waals surface area contributed by atoms with Crippen LogP contribution in [0.2, 0.25) is 5.02 Å². The number of halogens is 2. The zero-order valence-electron chi connectivity index (χ0n) is 9.55. The van der Waals surface area contributed by atoms with Crippen molar-refractivity contribution in [2.75, 3.05) is 0 Å². The van der Waals surface area contributed by atoms with E-state index in [1.807, 2.05) is 18.2 Å². The van der Waals surface area contributed by atoms with Gasteiger partial charge in [0.15, 0.2) is 0 Å². The van der Waals surface area contributed by atoms with E-state index in [-0.39, 0.29) is 6.04 Å². The molecule has 0 saturated carbocycles. The fraction of sp³-hybridized carbons (Fsp3) is 0.385. The Morgan fingerprint density at radius 1 is 1.35 bits per heavy atom. The summed E-state index contributed by atoms with van der Waals surface area (Å²) in [5.41, 5.74) is 5.37. The van der Waals surface area contributed by atoms with E-state index in [2.05, 4.69) is 27.4 Å². The second-order valence-electron chi connectivity index (χ2n) is 4.29. The summed E-state index contributed by atoms with van der Waals surface area (Å²) in [5, 5.41) is 0.736. The maximum Gasteiger partial charge on any atom is 0.0681 e. The van der Waals surface area contributed by atoms with E-state index in [9.17, 15) is 0 Å². The monoisotopic (exact) mass is 314 g/mol. The second-order valence-corrected chi connectivity index (χ2v) is 5.58. The SMILES string of the molecule is NNC(C1=CCCCC1)c1cc(Cl)ccc1Br. The zero-order chi connectivity index (χ0) is 12.3. The van der Waals surface area contributed by atoms with Crippen molar-refractivity contribution in [1.29, 1.82) is 0 Å². The summed E-state index contributed by atoms with van der Waals surface area (Å²) >= 11 is 9.60. The van der Waals surface area contributed by atoms with Gasteiger partial charge in [0, 0.05) is 9.50 Å². The normalized spacial score (nSPS) is 17.7. The Hall–Kier alpha value is -0.350. The topological polar surface area (TPSA) is 38.0 Å². The number of benzene rings is 1. The molecule has 1 unspecified atom stereocenters. The molecule has 0 heterocycles. The number of nitrogens with one attached hydrogen (secondary N) is 1. The number of hydrazine groups is 1. The summed E-state index contributed by atoms with van der Waals surface area (Å²) in [7, 11) is 0. The van der Waals surface area contributed by atoms with Crippen LogP contribution in [0.3, 0.4) is 0 Å². The van der Waals surface area contributed by atoms with Crippen molar-refractivity contribution in [2.24, 2.45) is 5.84 Å². The third kappa shape index (κ3) is 3.10. The molecule has 4 heteroatoms. The second kappa shape index (κ2) is 6.01. The molecule has 1 atom stereocenters. The van der Waals surface area contributed by atoms with Crippen molar-refractivity contribution in [2.45, 2.75) is 31.7 Å². The maximum absolute atomic E-state index is 6.05. The van der Waals surface area contributed by atoms with Crippen LogP contribution in [0.5, 0.6) is 0 Å². The molecule has 0 fully saturated rings. The molecular formula is C13H16BrClN2. The summed E-state index contributed by atoms with van der Waals surface area (Å²) in [6.07, 6.45) is 7.06. The number of rotatable bonds is 3. The predicted octanol–water partition coefficient (Wildman–Crippen LogP) is 4.11. The van der Waals surface area contributed by atoms with Crippen LogP contribution in [0.15, 0.2) is 34.3 Å². The Labute approximate surface area is 115 Å². The lowest BCUT2D eigenvalue weighted by molar-refractivity contribution is 0.564. The molecule has 0 saturated heterocycles. The Bertz CT molecular complexity index is 431. The Morgan fingerprint density at radius 3 is 2.82 bits per heavy atom. The Kier molecular flexibility index (Phi) is 4.62. The lowest BCUT2D eigenvalue weighted by atomic mass is 9.90. The minimum absolute atomic E-state index is 0.0587. The van der Waals surface area contributed by atoms with Gasteiger partial charge in [-0.25, -0.2) is 5.43 Å². The smallest absolute Gasteiger partial charge is 0.0681 e. The van der Waals surface area contributed by atoms with Crippen LogP contribution >= 0.6 is 27.5 Å². The summed E-state index contributed by atoms with van der Waals surface area (Å²) in [6.45, 7) is 0. The fourth-order valence-electron chi connectivity index (χ4n) is 2.26. The van der Waals surface area contributed by atoms with Crippen molar-refractivity contribution in [1.82, 2.24) is 5.43 Å². The van der Waals surface area contributed by atoms with E-state index >= 15 is 0 Å². The number of hydrogen-bond donors (Lipinski definition) is 2. The van der Waals surface area contributed by atoms with Crippen molar-refractivity contribution in [3.05, 3.63) is 44.9 Å². The molecule has 0 radical (unpaired) electrons. The predicted molar refractivity (Wildman–Crippen MR) is 75.8 cm³/mol. The first-order chi connectivity index (χ1) is 8.22. The lowest BCUT2D eigenvalue weighted by Crippen LogP contribution is -2.30. The van der Waals surface area contributed by atoms with Gasteiger partial charge in [-0.05, 0) is 49.4 Å². The minimum atomic E-state index is 0.0587. The van der Waals surface area contributed by atoms with E-state index in [1.165, 1.54) is 18.4 Å². The van der Waals surface area contributed by atoms with Gasteiger partial charge < -0.3 is 0 Å². The van der Waals surface area contributed by atoms with E-state index in [0.717, 1.165) is 27.9 Å². The van der Waals surface area contributed by atoms with Gasteiger partial charge in [0.2, 0.25) is 0 Å². The van der Waals surface area contributed by atoms with Gasteiger partial charge in [-0.1, -0.05) is 39.2 Å². The fourth-order valence-corrected chi connectivity index (χ4v) is 2.91. The summed E-state index contributed by atoms with van der Waals surface area (Å²) in [4.78, 5) is 0. The molecule has 3 N–H and O–H groups in total. The molecule has 2 nitrogen and oxygen atoms in total. The third-order valence-corrected chi connectivity index (χ3v) is 4.09. The first kappa shape index (κ1) is 13.1. The van der Waals surface area contributed by atoms with Crippen molar-refractivity contribution < 1.29 is 0 Å². The quantitative estimate of drug-likeness (QED) is 0.500. The van der Waals surface area contributed by atoms with Gasteiger partial charge in [0.05, 0.1) is 6.04 Å². The van der Waals surface area contributed by atoms with Crippen LogP contribution in [-0.4, -0.2) is 0 Å². The standard InChI is InChI=1S/C13H16BrClN2/c14-12-7-6-10(15)8-11(12)13(17-16)9-4-2-1-3-5-9/h4,6-8,13,17H,1-3,5,16H2. The zero-order valence-corrected chi connectivity index (χ0v) is 11.9. The van der Waals surface area contributed by atoms with Crippen molar-refractivity contribution in [3.8, 4) is 0 Å². The first-order valence-corrected chi connectivity index (χ1v) is 6.99. The summed E-state index contributed by atoms with van der Waals surface area (Å²) in [6, 6.07) is 5.86. The van der Waals surface area contributed by atoms with E-state index in [1.54, 1.807) is 0 Å². The van der Waals surface area contributed by atoms with Crippen LogP contribution in [0.25, 0.3) is 0 Å². The minimum Gasteiger partial charge on any atom is -0.271 e. The van der Waals surface area contributed by atoms with Gasteiger partial charge in [0.1, 0.15) is 0 Å². The molecule has 0 bridgehead atoms. The average molecular weight is 316 g/mol. The highest BCUT2D eigenvalue weighted by molar-refractivity contribution is 9.10. The van der Waals surface area contributed by atoms with Gasteiger partial charge >= 0.3 is 0 Å². The number of nitrogens with two attached hydrogens (primary N) is 1. The molecule has 1 aromatic rings. The number of allylic oxidation sites excluding steroid dienone is 1. The van der Waals surface area contributed by atoms with Gasteiger partial charge in [0.25, 0.3) is 0 Å². The summed E-state index contributed by atoms with van der Waals surface area (Å²) < 4.78 is 1.04. The molecule has 1 aromatic carbocycles. The summed E-state index contributed by atoms with van der Waals surface area (Å²) in [5.74, 6) is 5.70. The van der Waals surface area contributed by atoms with Crippen LogP contribution in [0, 0.1) is 0 Å². The van der Waals surface area contributed by atoms with Gasteiger partial charge in [-0.15, -0.1) is 0 Å². The molecule has 0 aromatic heterocycles. The van der Waals surface area contributed by atoms with Gasteiger partial charge in [-0.2, -0.15) is 0 Å². The molecule has 0 spiro atoms. The van der Waals surface area contributed by atoms with Crippen LogP contribution in [-0.2, 0) is 0 Å².